The third kappa shape index (κ3) is 2.22. The number of carbonyl (C=O) groups is 2. The molecule has 5 rings (SSSR count). The molecule has 30 heavy (non-hydrogen) atoms. The van der Waals surface area contributed by atoms with Crippen LogP contribution in [0.2, 0.25) is 0 Å². The number of ether oxygens (including phenoxy) is 1. The van der Waals surface area contributed by atoms with Crippen LogP contribution in [0.4, 0.5) is 0 Å². The number of fused-ring (bicyclic) bond motifs is 6. The van der Waals surface area contributed by atoms with E-state index < -0.39 is 5.41 Å². The van der Waals surface area contributed by atoms with Gasteiger partial charge >= 0.3 is 5.97 Å². The summed E-state index contributed by atoms with van der Waals surface area (Å²) in [4.78, 5) is 26.0. The standard InChI is InChI=1S/C26H35NO3/c1-5-6-20(28)30-19-8-7-17-21-16-13-26(14-27)22(23(16)29)15(2)9-12-25(26,4)18(21)10-11-24(17,19)3/h16-19,21-22H,2,5-13H2,1,3-4H3/t16-,17?,18?,19?,21?,22+,24?,25?,26+/m1/s1. The molecule has 0 saturated heterocycles. The maximum atomic E-state index is 13.7. The van der Waals surface area contributed by atoms with Crippen LogP contribution in [0.5, 0.6) is 0 Å². The van der Waals surface area contributed by atoms with Crippen molar-refractivity contribution in [1.82, 2.24) is 0 Å². The molecular weight excluding hydrogens is 374 g/mol. The van der Waals surface area contributed by atoms with Crippen molar-refractivity contribution in [3.63, 3.8) is 0 Å². The van der Waals surface area contributed by atoms with E-state index >= 15 is 0 Å². The molecule has 6 unspecified atom stereocenters. The molecule has 9 atom stereocenters. The molecule has 0 aromatic heterocycles. The summed E-state index contributed by atoms with van der Waals surface area (Å²) in [6.45, 7) is 10.9. The molecule has 0 aromatic carbocycles. The SMILES string of the molecule is C=C1CCC2(C)C3CCC4(C)C(OC(=O)CCC)CCC4C3[C@H]3C[C@]2(C#N)[C@@H]1C3=O. The number of allylic oxidation sites excluding steroid dienone is 1. The highest BCUT2D eigenvalue weighted by Crippen LogP contribution is 2.76. The maximum Gasteiger partial charge on any atom is 0.306 e. The lowest BCUT2D eigenvalue weighted by atomic mass is 9.40. The summed E-state index contributed by atoms with van der Waals surface area (Å²) in [5, 5.41) is 10.4. The van der Waals surface area contributed by atoms with Gasteiger partial charge in [-0.25, -0.2) is 0 Å². The minimum atomic E-state index is -0.551. The molecule has 5 aliphatic carbocycles. The van der Waals surface area contributed by atoms with E-state index in [1.54, 1.807) is 0 Å². The molecule has 5 fully saturated rings. The van der Waals surface area contributed by atoms with Crippen molar-refractivity contribution in [1.29, 1.82) is 5.26 Å². The van der Waals surface area contributed by atoms with Crippen LogP contribution in [0, 0.1) is 57.2 Å². The number of Topliss-reactive ketones (excluding diaryl/α,β-unsaturated/α-hetero) is 1. The molecule has 0 aliphatic heterocycles. The highest BCUT2D eigenvalue weighted by atomic mass is 16.5. The molecule has 0 radical (unpaired) electrons. The predicted octanol–water partition coefficient (Wildman–Crippen LogP) is 5.23. The van der Waals surface area contributed by atoms with Crippen LogP contribution in [-0.2, 0) is 14.3 Å². The van der Waals surface area contributed by atoms with Gasteiger partial charge in [-0.15, -0.1) is 0 Å². The number of hydrogen-bond acceptors (Lipinski definition) is 4. The molecule has 0 N–H and O–H groups in total. The molecule has 2 bridgehead atoms. The Kier molecular flexibility index (Phi) is 4.35. The van der Waals surface area contributed by atoms with E-state index in [2.05, 4.69) is 26.5 Å². The van der Waals surface area contributed by atoms with Crippen LogP contribution in [0.3, 0.4) is 0 Å². The molecule has 5 aliphatic rings. The largest absolute Gasteiger partial charge is 0.462 e. The van der Waals surface area contributed by atoms with Crippen molar-refractivity contribution >= 4 is 11.8 Å². The molecule has 0 amide bonds. The maximum absolute atomic E-state index is 13.7. The lowest BCUT2D eigenvalue weighted by molar-refractivity contribution is -0.169. The van der Waals surface area contributed by atoms with E-state index in [0.29, 0.717) is 30.0 Å². The number of nitrogens with zero attached hydrogens (tertiary/aromatic N) is 1. The molecule has 0 spiro atoms. The van der Waals surface area contributed by atoms with Crippen LogP contribution in [0.1, 0.15) is 78.6 Å². The quantitative estimate of drug-likeness (QED) is 0.473. The van der Waals surface area contributed by atoms with Crippen molar-refractivity contribution < 1.29 is 14.3 Å². The van der Waals surface area contributed by atoms with E-state index in [-0.39, 0.29) is 34.7 Å². The number of ketones is 1. The summed E-state index contributed by atoms with van der Waals surface area (Å²) in [5.74, 6) is 1.10. The minimum Gasteiger partial charge on any atom is -0.462 e. The Bertz CT molecular complexity index is 857. The van der Waals surface area contributed by atoms with Gasteiger partial charge in [0, 0.05) is 17.8 Å². The second kappa shape index (κ2) is 6.44. The van der Waals surface area contributed by atoms with Crippen LogP contribution >= 0.6 is 0 Å². The topological polar surface area (TPSA) is 67.2 Å². The fourth-order valence-corrected chi connectivity index (χ4v) is 9.07. The fraction of sp³-hybridized carbons (Fsp3) is 0.808. The first-order valence-electron chi connectivity index (χ1n) is 12.1. The van der Waals surface area contributed by atoms with Gasteiger partial charge in [0.1, 0.15) is 11.9 Å². The van der Waals surface area contributed by atoms with Crippen molar-refractivity contribution in [2.24, 2.45) is 45.8 Å². The lowest BCUT2D eigenvalue weighted by Crippen LogP contribution is -2.59. The Hall–Kier alpha value is -1.63. The van der Waals surface area contributed by atoms with Crippen molar-refractivity contribution in [2.45, 2.75) is 84.7 Å². The zero-order chi connectivity index (χ0) is 21.5. The zero-order valence-electron chi connectivity index (χ0n) is 18.7. The van der Waals surface area contributed by atoms with Gasteiger partial charge < -0.3 is 4.74 Å². The Morgan fingerprint density at radius 1 is 1.23 bits per heavy atom. The zero-order valence-corrected chi connectivity index (χ0v) is 18.7. The van der Waals surface area contributed by atoms with Crippen LogP contribution in [-0.4, -0.2) is 17.9 Å². The average Bonchev–Trinajstić information content (AvgIpc) is 3.19. The minimum absolute atomic E-state index is 0.0164. The Morgan fingerprint density at radius 3 is 2.70 bits per heavy atom. The fourth-order valence-electron chi connectivity index (χ4n) is 9.07. The van der Waals surface area contributed by atoms with E-state index in [4.69, 9.17) is 4.74 Å². The second-order valence-electron chi connectivity index (χ2n) is 11.4. The first-order chi connectivity index (χ1) is 14.2. The summed E-state index contributed by atoms with van der Waals surface area (Å²) >= 11 is 0. The van der Waals surface area contributed by atoms with Crippen LogP contribution in [0.25, 0.3) is 0 Å². The summed E-state index contributed by atoms with van der Waals surface area (Å²) in [6, 6.07) is 2.71. The number of esters is 1. The molecule has 5 saturated carbocycles. The van der Waals surface area contributed by atoms with E-state index in [1.165, 1.54) is 0 Å². The molecule has 4 nitrogen and oxygen atoms in total. The van der Waals surface area contributed by atoms with Gasteiger partial charge in [-0.05, 0) is 74.5 Å². The summed E-state index contributed by atoms with van der Waals surface area (Å²) in [5.41, 5.74) is 0.298. The smallest absolute Gasteiger partial charge is 0.306 e. The average molecular weight is 410 g/mol. The van der Waals surface area contributed by atoms with E-state index in [0.717, 1.165) is 56.9 Å². The predicted molar refractivity (Wildman–Crippen MR) is 113 cm³/mol. The van der Waals surface area contributed by atoms with Crippen molar-refractivity contribution in [3.05, 3.63) is 12.2 Å². The molecular formula is C26H35NO3. The monoisotopic (exact) mass is 409 g/mol. The summed E-state index contributed by atoms with van der Waals surface area (Å²) < 4.78 is 5.99. The van der Waals surface area contributed by atoms with Gasteiger partial charge in [0.15, 0.2) is 0 Å². The third-order valence-electron chi connectivity index (χ3n) is 10.5. The number of carbonyl (C=O) groups excluding carboxylic acids is 2. The van der Waals surface area contributed by atoms with Gasteiger partial charge in [-0.1, -0.05) is 32.9 Å². The summed E-state index contributed by atoms with van der Waals surface area (Å²) in [6.07, 6.45) is 7.88. The van der Waals surface area contributed by atoms with Gasteiger partial charge in [-0.2, -0.15) is 5.26 Å². The van der Waals surface area contributed by atoms with Crippen LogP contribution < -0.4 is 0 Å². The second-order valence-corrected chi connectivity index (χ2v) is 11.4. The van der Waals surface area contributed by atoms with Crippen molar-refractivity contribution in [3.8, 4) is 6.07 Å². The lowest BCUT2D eigenvalue weighted by Gasteiger charge is -2.62. The third-order valence-corrected chi connectivity index (χ3v) is 10.5. The first-order valence-corrected chi connectivity index (χ1v) is 12.1. The Morgan fingerprint density at radius 2 is 2.00 bits per heavy atom. The summed E-state index contributed by atoms with van der Waals surface area (Å²) in [7, 11) is 0. The van der Waals surface area contributed by atoms with Gasteiger partial charge in [0.25, 0.3) is 0 Å². The van der Waals surface area contributed by atoms with E-state index in [1.807, 2.05) is 6.92 Å². The van der Waals surface area contributed by atoms with Gasteiger partial charge in [-0.3, -0.25) is 9.59 Å². The molecule has 162 valence electrons. The van der Waals surface area contributed by atoms with E-state index in [9.17, 15) is 14.9 Å². The number of hydrogen-bond donors (Lipinski definition) is 0. The highest BCUT2D eigenvalue weighted by Gasteiger charge is 2.75. The normalized spacial score (nSPS) is 51.1. The van der Waals surface area contributed by atoms with Gasteiger partial charge in [0.2, 0.25) is 0 Å². The first kappa shape index (κ1) is 20.3. The molecule has 0 aromatic rings. The Labute approximate surface area is 180 Å². The molecule has 0 heterocycles. The molecule has 4 heteroatoms. The number of nitriles is 1. The van der Waals surface area contributed by atoms with Crippen LogP contribution in [0.15, 0.2) is 12.2 Å². The van der Waals surface area contributed by atoms with Crippen molar-refractivity contribution in [2.75, 3.05) is 0 Å². The Balaban J connectivity index is 1.53. The van der Waals surface area contributed by atoms with Gasteiger partial charge in [0.05, 0.1) is 17.4 Å². The number of rotatable bonds is 3. The highest BCUT2D eigenvalue weighted by molar-refractivity contribution is 5.91.